The van der Waals surface area contributed by atoms with E-state index in [1.807, 2.05) is 0 Å². The van der Waals surface area contributed by atoms with Crippen LogP contribution in [0.2, 0.25) is 0 Å². The quantitative estimate of drug-likeness (QED) is 0.381. The SMILES string of the molecule is O=C(c1ccc(-c2nc(C(Cl)(Cl)Cl)nc(C(Cl)(Cl)Cl)n2)cc1F)N(CCCl)CCCl. The fraction of sp³-hybridized carbons (Fsp3) is 0.375. The van der Waals surface area contributed by atoms with Gasteiger partial charge >= 0.3 is 0 Å². The molecular formula is C16H11Cl8FN4O. The first-order valence-electron chi connectivity index (χ1n) is 8.00. The van der Waals surface area contributed by atoms with Crippen LogP contribution in [0.25, 0.3) is 11.4 Å². The number of hydrogen-bond acceptors (Lipinski definition) is 4. The summed E-state index contributed by atoms with van der Waals surface area (Å²) in [5.74, 6) is -1.83. The van der Waals surface area contributed by atoms with Gasteiger partial charge in [-0.05, 0) is 12.1 Å². The summed E-state index contributed by atoms with van der Waals surface area (Å²) in [6.07, 6.45) is 0. The molecule has 2 aromatic rings. The maximum Gasteiger partial charge on any atom is 0.256 e. The van der Waals surface area contributed by atoms with Gasteiger partial charge in [0.05, 0.1) is 5.56 Å². The van der Waals surface area contributed by atoms with Crippen LogP contribution in [0.5, 0.6) is 0 Å². The third kappa shape index (κ3) is 6.72. The molecule has 0 aliphatic rings. The molecule has 0 aliphatic heterocycles. The van der Waals surface area contributed by atoms with Crippen LogP contribution < -0.4 is 0 Å². The molecule has 164 valence electrons. The number of aromatic nitrogens is 3. The maximum atomic E-state index is 14.8. The number of benzene rings is 1. The molecule has 14 heteroatoms. The van der Waals surface area contributed by atoms with Gasteiger partial charge in [0.25, 0.3) is 5.91 Å². The Morgan fingerprint density at radius 1 is 0.900 bits per heavy atom. The van der Waals surface area contributed by atoms with Crippen LogP contribution in [0.4, 0.5) is 4.39 Å². The van der Waals surface area contributed by atoms with Crippen molar-refractivity contribution >= 4 is 98.7 Å². The molecule has 1 aromatic carbocycles. The highest BCUT2D eigenvalue weighted by Gasteiger charge is 2.34. The Balaban J connectivity index is 2.51. The minimum absolute atomic E-state index is 0.121. The van der Waals surface area contributed by atoms with E-state index in [9.17, 15) is 9.18 Å². The molecule has 0 bridgehead atoms. The van der Waals surface area contributed by atoms with Crippen molar-refractivity contribution < 1.29 is 9.18 Å². The zero-order valence-corrected chi connectivity index (χ0v) is 20.7. The van der Waals surface area contributed by atoms with Gasteiger partial charge in [-0.3, -0.25) is 4.79 Å². The first kappa shape index (κ1) is 26.2. The Labute approximate surface area is 211 Å². The molecule has 0 atom stereocenters. The van der Waals surface area contributed by atoms with E-state index in [1.165, 1.54) is 17.0 Å². The lowest BCUT2D eigenvalue weighted by atomic mass is 10.1. The zero-order valence-electron chi connectivity index (χ0n) is 14.7. The molecule has 0 N–H and O–H groups in total. The maximum absolute atomic E-state index is 14.8. The number of nitrogens with zero attached hydrogens (tertiary/aromatic N) is 4. The molecular weight excluding hydrogens is 567 g/mol. The van der Waals surface area contributed by atoms with Crippen molar-refractivity contribution in [2.45, 2.75) is 7.59 Å². The van der Waals surface area contributed by atoms with Crippen molar-refractivity contribution in [3.05, 3.63) is 41.2 Å². The van der Waals surface area contributed by atoms with Gasteiger partial charge in [-0.2, -0.15) is 0 Å². The average molecular weight is 578 g/mol. The molecule has 0 aliphatic carbocycles. The van der Waals surface area contributed by atoms with Gasteiger partial charge in [-0.1, -0.05) is 75.7 Å². The van der Waals surface area contributed by atoms with Gasteiger partial charge < -0.3 is 4.90 Å². The molecule has 30 heavy (non-hydrogen) atoms. The normalized spacial score (nSPS) is 12.2. The van der Waals surface area contributed by atoms with Crippen LogP contribution in [-0.2, 0) is 7.59 Å². The number of alkyl halides is 8. The molecule has 1 aromatic heterocycles. The number of carbonyl (C=O) groups is 1. The average Bonchev–Trinajstić information content (AvgIpc) is 2.65. The Kier molecular flexibility index (Phi) is 9.36. The highest BCUT2D eigenvalue weighted by molar-refractivity contribution is 6.67. The van der Waals surface area contributed by atoms with E-state index in [0.29, 0.717) is 0 Å². The van der Waals surface area contributed by atoms with E-state index in [-0.39, 0.29) is 53.4 Å². The third-order valence-corrected chi connectivity index (χ3v) is 4.95. The monoisotopic (exact) mass is 574 g/mol. The summed E-state index contributed by atoms with van der Waals surface area (Å²) in [6.45, 7) is 0.419. The fourth-order valence-electron chi connectivity index (χ4n) is 2.28. The summed E-state index contributed by atoms with van der Waals surface area (Å²) < 4.78 is 10.6. The Morgan fingerprint density at radius 3 is 1.80 bits per heavy atom. The van der Waals surface area contributed by atoms with E-state index < -0.39 is 19.3 Å². The van der Waals surface area contributed by atoms with Gasteiger partial charge in [-0.15, -0.1) is 23.2 Å². The van der Waals surface area contributed by atoms with Crippen molar-refractivity contribution in [2.75, 3.05) is 24.8 Å². The Morgan fingerprint density at radius 2 is 1.40 bits per heavy atom. The van der Waals surface area contributed by atoms with Crippen molar-refractivity contribution in [3.8, 4) is 11.4 Å². The van der Waals surface area contributed by atoms with Crippen LogP contribution in [0.15, 0.2) is 18.2 Å². The van der Waals surface area contributed by atoms with Gasteiger partial charge in [0.1, 0.15) is 5.82 Å². The highest BCUT2D eigenvalue weighted by Crippen LogP contribution is 2.40. The summed E-state index contributed by atoms with van der Waals surface area (Å²) in [5.41, 5.74) is -0.0510. The third-order valence-electron chi connectivity index (χ3n) is 3.60. The van der Waals surface area contributed by atoms with Crippen LogP contribution in [0, 0.1) is 5.82 Å². The van der Waals surface area contributed by atoms with Gasteiger partial charge in [0.2, 0.25) is 7.59 Å². The predicted molar refractivity (Wildman–Crippen MR) is 121 cm³/mol. The van der Waals surface area contributed by atoms with Gasteiger partial charge in [0.15, 0.2) is 17.5 Å². The molecule has 2 rings (SSSR count). The Hall–Kier alpha value is -0.0500. The number of carbonyl (C=O) groups excluding carboxylic acids is 1. The second-order valence-corrected chi connectivity index (χ2v) is 11.0. The van der Waals surface area contributed by atoms with Crippen LogP contribution >= 0.6 is 92.8 Å². The lowest BCUT2D eigenvalue weighted by Gasteiger charge is -2.21. The molecule has 0 saturated heterocycles. The molecule has 0 fully saturated rings. The highest BCUT2D eigenvalue weighted by atomic mass is 35.6. The number of hydrogen-bond donors (Lipinski definition) is 0. The first-order chi connectivity index (χ1) is 13.9. The standard InChI is InChI=1S/C16H11Cl8FN4O/c17-3-5-29(6-4-18)12(30)9-2-1-8(7-10(9)25)11-26-13(15(19,20)21)28-14(27-11)16(22,23)24/h1-2,7H,3-6H2. The molecule has 1 amide bonds. The van der Waals surface area contributed by atoms with E-state index in [1.54, 1.807) is 0 Å². The van der Waals surface area contributed by atoms with Crippen LogP contribution in [0.3, 0.4) is 0 Å². The molecule has 1 heterocycles. The minimum Gasteiger partial charge on any atom is -0.336 e. The van der Waals surface area contributed by atoms with Crippen molar-refractivity contribution in [1.82, 2.24) is 19.9 Å². The van der Waals surface area contributed by atoms with E-state index in [4.69, 9.17) is 92.8 Å². The Bertz CT molecular complexity index is 881. The van der Waals surface area contributed by atoms with E-state index in [2.05, 4.69) is 15.0 Å². The topological polar surface area (TPSA) is 59.0 Å². The van der Waals surface area contributed by atoms with Crippen LogP contribution in [-0.4, -0.2) is 50.6 Å². The van der Waals surface area contributed by atoms with Crippen molar-refractivity contribution in [2.24, 2.45) is 0 Å². The second-order valence-electron chi connectivity index (χ2n) is 5.67. The smallest absolute Gasteiger partial charge is 0.256 e. The lowest BCUT2D eigenvalue weighted by molar-refractivity contribution is 0.0770. The molecule has 0 saturated carbocycles. The van der Waals surface area contributed by atoms with Crippen LogP contribution in [0.1, 0.15) is 22.0 Å². The summed E-state index contributed by atoms with van der Waals surface area (Å²) >= 11 is 46.4. The largest absolute Gasteiger partial charge is 0.336 e. The molecule has 5 nitrogen and oxygen atoms in total. The summed E-state index contributed by atoms with van der Waals surface area (Å²) in [4.78, 5) is 25.8. The summed E-state index contributed by atoms with van der Waals surface area (Å²) in [7, 11) is 0. The number of rotatable bonds is 6. The predicted octanol–water partition coefficient (Wildman–Crippen LogP) is 6.25. The minimum atomic E-state index is -2.06. The van der Waals surface area contributed by atoms with Gasteiger partial charge in [0, 0.05) is 30.4 Å². The van der Waals surface area contributed by atoms with Crippen molar-refractivity contribution in [3.63, 3.8) is 0 Å². The number of amides is 1. The molecule has 0 radical (unpaired) electrons. The zero-order chi connectivity index (χ0) is 22.7. The summed E-state index contributed by atoms with van der Waals surface area (Å²) in [6, 6.07) is 3.69. The van der Waals surface area contributed by atoms with Gasteiger partial charge in [-0.25, -0.2) is 19.3 Å². The van der Waals surface area contributed by atoms with Crippen molar-refractivity contribution in [1.29, 1.82) is 0 Å². The summed E-state index contributed by atoms with van der Waals surface area (Å²) in [5, 5.41) is 0. The second kappa shape index (κ2) is 10.7. The fourth-order valence-corrected chi connectivity index (χ4v) is 3.19. The molecule has 0 unspecified atom stereocenters. The lowest BCUT2D eigenvalue weighted by Crippen LogP contribution is -2.35. The number of halogens is 9. The first-order valence-corrected chi connectivity index (χ1v) is 11.3. The molecule has 0 spiro atoms. The van der Waals surface area contributed by atoms with E-state index in [0.717, 1.165) is 6.07 Å². The van der Waals surface area contributed by atoms with E-state index >= 15 is 0 Å².